The van der Waals surface area contributed by atoms with E-state index in [-0.39, 0.29) is 0 Å². The molecule has 9 heavy (non-hydrogen) atoms. The third kappa shape index (κ3) is 1.43. The van der Waals surface area contributed by atoms with Crippen LogP contribution in [0.5, 0.6) is 0 Å². The van der Waals surface area contributed by atoms with Gasteiger partial charge >= 0.3 is 0 Å². The van der Waals surface area contributed by atoms with Crippen LogP contribution in [-0.2, 0) is 0 Å². The van der Waals surface area contributed by atoms with Gasteiger partial charge in [0.25, 0.3) is 0 Å². The summed E-state index contributed by atoms with van der Waals surface area (Å²) < 4.78 is 12.9. The lowest BCUT2D eigenvalue weighted by atomic mass is 9.96. The molecule has 0 aromatic heterocycles. The van der Waals surface area contributed by atoms with Crippen LogP contribution < -0.4 is 5.32 Å². The third-order valence-corrected chi connectivity index (χ3v) is 1.47. The van der Waals surface area contributed by atoms with Crippen molar-refractivity contribution in [1.82, 2.24) is 5.32 Å². The second kappa shape index (κ2) is 2.36. The lowest BCUT2D eigenvalue weighted by Gasteiger charge is -2.33. The molecule has 0 amide bonds. The average Bonchev–Trinajstić information content (AvgIpc) is 1.79. The van der Waals surface area contributed by atoms with Crippen LogP contribution in [0.4, 0.5) is 4.39 Å². The van der Waals surface area contributed by atoms with Crippen molar-refractivity contribution < 1.29 is 4.39 Å². The molecule has 0 bridgehead atoms. The van der Waals surface area contributed by atoms with E-state index in [9.17, 15) is 4.39 Å². The predicted octanol–water partition coefficient (Wildman–Crippen LogP) is 0.711. The van der Waals surface area contributed by atoms with E-state index in [0.29, 0.717) is 19.5 Å². The molecule has 0 saturated carbocycles. The zero-order valence-corrected chi connectivity index (χ0v) is 5.50. The zero-order valence-electron chi connectivity index (χ0n) is 5.50. The lowest BCUT2D eigenvalue weighted by molar-refractivity contribution is 0.0968. The van der Waals surface area contributed by atoms with Gasteiger partial charge in [0.15, 0.2) is 0 Å². The first-order chi connectivity index (χ1) is 4.27. The molecule has 1 aliphatic rings. The molecule has 0 radical (unpaired) electrons. The van der Waals surface area contributed by atoms with E-state index in [1.807, 2.05) is 0 Å². The van der Waals surface area contributed by atoms with Crippen LogP contribution in [0.1, 0.15) is 13.3 Å². The number of halogens is 1. The summed E-state index contributed by atoms with van der Waals surface area (Å²) in [5.41, 5.74) is -1.01. The van der Waals surface area contributed by atoms with Crippen LogP contribution in [0.3, 0.4) is 0 Å². The van der Waals surface area contributed by atoms with Gasteiger partial charge in [-0.15, -0.1) is 11.8 Å². The van der Waals surface area contributed by atoms with Gasteiger partial charge in [0, 0.05) is 19.5 Å². The Balaban J connectivity index is 2.30. The molecular formula is C7H10FN. The van der Waals surface area contributed by atoms with E-state index in [0.717, 1.165) is 0 Å². The summed E-state index contributed by atoms with van der Waals surface area (Å²) in [6.07, 6.45) is 0.385. The molecule has 1 N–H and O–H groups in total. The van der Waals surface area contributed by atoms with Crippen molar-refractivity contribution >= 4 is 0 Å². The van der Waals surface area contributed by atoms with Crippen molar-refractivity contribution in [3.05, 3.63) is 0 Å². The summed E-state index contributed by atoms with van der Waals surface area (Å²) in [6, 6.07) is 0. The highest BCUT2D eigenvalue weighted by Gasteiger charge is 2.35. The Labute approximate surface area is 54.6 Å². The monoisotopic (exact) mass is 127 g/mol. The number of rotatable bonds is 1. The van der Waals surface area contributed by atoms with Gasteiger partial charge in [0.2, 0.25) is 0 Å². The Morgan fingerprint density at radius 2 is 2.33 bits per heavy atom. The van der Waals surface area contributed by atoms with Gasteiger partial charge in [0.1, 0.15) is 5.67 Å². The minimum Gasteiger partial charge on any atom is -0.310 e. The molecule has 0 aromatic rings. The topological polar surface area (TPSA) is 12.0 Å². The van der Waals surface area contributed by atoms with Crippen molar-refractivity contribution in [2.24, 2.45) is 0 Å². The van der Waals surface area contributed by atoms with Gasteiger partial charge in [-0.2, -0.15) is 0 Å². The Bertz CT molecular complexity index is 150. The summed E-state index contributed by atoms with van der Waals surface area (Å²) >= 11 is 0. The summed E-state index contributed by atoms with van der Waals surface area (Å²) in [5.74, 6) is 5.40. The van der Waals surface area contributed by atoms with E-state index >= 15 is 0 Å². The largest absolute Gasteiger partial charge is 0.310 e. The fraction of sp³-hybridized carbons (Fsp3) is 0.714. The molecule has 0 aliphatic carbocycles. The molecule has 2 heteroatoms. The highest BCUT2D eigenvalue weighted by molar-refractivity contribution is 5.06. The van der Waals surface area contributed by atoms with Crippen LogP contribution >= 0.6 is 0 Å². The van der Waals surface area contributed by atoms with Gasteiger partial charge in [-0.05, 0) is 6.92 Å². The summed E-state index contributed by atoms with van der Waals surface area (Å²) in [7, 11) is 0. The fourth-order valence-electron chi connectivity index (χ4n) is 0.768. The maximum Gasteiger partial charge on any atom is 0.146 e. The highest BCUT2D eigenvalue weighted by atomic mass is 19.1. The van der Waals surface area contributed by atoms with Crippen molar-refractivity contribution in [1.29, 1.82) is 0 Å². The average molecular weight is 127 g/mol. The SMILES string of the molecule is CC#CCC1(F)CNC1. The Morgan fingerprint density at radius 1 is 1.67 bits per heavy atom. The molecule has 1 rings (SSSR count). The molecule has 1 fully saturated rings. The van der Waals surface area contributed by atoms with Gasteiger partial charge in [-0.25, -0.2) is 4.39 Å². The fourth-order valence-corrected chi connectivity index (χ4v) is 0.768. The van der Waals surface area contributed by atoms with Crippen LogP contribution in [0.2, 0.25) is 0 Å². The van der Waals surface area contributed by atoms with Gasteiger partial charge in [-0.3, -0.25) is 0 Å². The first kappa shape index (κ1) is 6.57. The normalized spacial score (nSPS) is 21.6. The smallest absolute Gasteiger partial charge is 0.146 e. The quantitative estimate of drug-likeness (QED) is 0.511. The van der Waals surface area contributed by atoms with E-state index in [1.54, 1.807) is 6.92 Å². The van der Waals surface area contributed by atoms with E-state index < -0.39 is 5.67 Å². The summed E-state index contributed by atoms with van der Waals surface area (Å²) in [4.78, 5) is 0. The standard InChI is InChI=1S/C7H10FN/c1-2-3-4-7(8)5-9-6-7/h9H,4-6H2,1H3. The number of nitrogens with one attached hydrogen (secondary N) is 1. The molecule has 1 nitrogen and oxygen atoms in total. The molecule has 1 heterocycles. The minimum atomic E-state index is -1.01. The van der Waals surface area contributed by atoms with E-state index in [4.69, 9.17) is 0 Å². The van der Waals surface area contributed by atoms with Gasteiger partial charge in [-0.1, -0.05) is 0 Å². The van der Waals surface area contributed by atoms with Crippen LogP contribution in [0, 0.1) is 11.8 Å². The molecule has 0 atom stereocenters. The molecule has 50 valence electrons. The number of hydrogen-bond acceptors (Lipinski definition) is 1. The van der Waals surface area contributed by atoms with Crippen LogP contribution in [0.25, 0.3) is 0 Å². The van der Waals surface area contributed by atoms with Crippen LogP contribution in [-0.4, -0.2) is 18.8 Å². The van der Waals surface area contributed by atoms with E-state index in [2.05, 4.69) is 17.2 Å². The molecule has 0 aromatic carbocycles. The molecule has 1 aliphatic heterocycles. The Hall–Kier alpha value is -0.550. The summed E-state index contributed by atoms with van der Waals surface area (Å²) in [6.45, 7) is 2.68. The predicted molar refractivity (Wildman–Crippen MR) is 34.8 cm³/mol. The van der Waals surface area contributed by atoms with Crippen LogP contribution in [0.15, 0.2) is 0 Å². The molecule has 1 saturated heterocycles. The second-order valence-electron chi connectivity index (χ2n) is 2.36. The minimum absolute atomic E-state index is 0.385. The Kier molecular flexibility index (Phi) is 1.73. The van der Waals surface area contributed by atoms with Crippen molar-refractivity contribution in [2.75, 3.05) is 13.1 Å². The van der Waals surface area contributed by atoms with Gasteiger partial charge < -0.3 is 5.32 Å². The van der Waals surface area contributed by atoms with E-state index in [1.165, 1.54) is 0 Å². The van der Waals surface area contributed by atoms with Crippen molar-refractivity contribution in [2.45, 2.75) is 19.0 Å². The highest BCUT2D eigenvalue weighted by Crippen LogP contribution is 2.19. The van der Waals surface area contributed by atoms with Crippen molar-refractivity contribution in [3.63, 3.8) is 0 Å². The summed E-state index contributed by atoms with van der Waals surface area (Å²) in [5, 5.41) is 2.87. The molecule has 0 spiro atoms. The lowest BCUT2D eigenvalue weighted by Crippen LogP contribution is -2.55. The first-order valence-electron chi connectivity index (χ1n) is 3.06. The first-order valence-corrected chi connectivity index (χ1v) is 3.06. The molecular weight excluding hydrogens is 117 g/mol. The number of hydrogen-bond donors (Lipinski definition) is 1. The second-order valence-corrected chi connectivity index (χ2v) is 2.36. The van der Waals surface area contributed by atoms with Gasteiger partial charge in [0.05, 0.1) is 0 Å². The Morgan fingerprint density at radius 3 is 2.67 bits per heavy atom. The third-order valence-electron chi connectivity index (χ3n) is 1.47. The molecule has 0 unspecified atom stereocenters. The zero-order chi connectivity index (χ0) is 6.74. The van der Waals surface area contributed by atoms with Crippen molar-refractivity contribution in [3.8, 4) is 11.8 Å². The maximum atomic E-state index is 12.9. The number of alkyl halides is 1. The maximum absolute atomic E-state index is 12.9.